The third-order valence-electron chi connectivity index (χ3n) is 2.41. The van der Waals surface area contributed by atoms with Crippen LogP contribution < -0.4 is 0 Å². The lowest BCUT2D eigenvalue weighted by Crippen LogP contribution is -2.04. The number of carboxylic acid groups (broad SMARTS) is 1. The molecule has 1 aromatic carbocycles. The topological polar surface area (TPSA) is 93.3 Å². The molecule has 108 valence electrons. The molecule has 0 unspecified atom stereocenters. The Hall–Kier alpha value is -2.19. The lowest BCUT2D eigenvalue weighted by Gasteiger charge is -2.06. The molecule has 1 N–H and O–H groups in total. The van der Waals surface area contributed by atoms with Crippen LogP contribution in [0.15, 0.2) is 40.4 Å². The molecule has 0 atom stereocenters. The van der Waals surface area contributed by atoms with E-state index in [0.717, 1.165) is 17.8 Å². The van der Waals surface area contributed by atoms with Crippen molar-refractivity contribution >= 4 is 35.0 Å². The van der Waals surface area contributed by atoms with Gasteiger partial charge in [0.05, 0.1) is 20.9 Å². The van der Waals surface area contributed by atoms with Crippen LogP contribution in [0.2, 0.25) is 5.02 Å². The lowest BCUT2D eigenvalue weighted by atomic mass is 10.2. The molecule has 0 saturated carbocycles. The number of nitro groups is 1. The van der Waals surface area contributed by atoms with Crippen LogP contribution in [-0.4, -0.2) is 21.0 Å². The Balaban J connectivity index is 2.50. The highest BCUT2D eigenvalue weighted by atomic mass is 35.5. The number of benzene rings is 1. The molecule has 0 aliphatic heterocycles. The maximum absolute atomic E-state index is 13.9. The predicted molar refractivity (Wildman–Crippen MR) is 73.4 cm³/mol. The van der Waals surface area contributed by atoms with E-state index in [1.54, 1.807) is 6.07 Å². The maximum Gasteiger partial charge on any atom is 0.342 e. The summed E-state index contributed by atoms with van der Waals surface area (Å²) in [5.74, 6) is -2.44. The molecule has 0 bridgehead atoms. The molecule has 0 saturated heterocycles. The summed E-state index contributed by atoms with van der Waals surface area (Å²) in [6.07, 6.45) is 1.44. The van der Waals surface area contributed by atoms with E-state index in [-0.39, 0.29) is 14.9 Å². The summed E-state index contributed by atoms with van der Waals surface area (Å²) < 4.78 is 13.9. The van der Waals surface area contributed by atoms with E-state index < -0.39 is 28.0 Å². The Morgan fingerprint density at radius 3 is 2.76 bits per heavy atom. The van der Waals surface area contributed by atoms with Gasteiger partial charge in [-0.15, -0.1) is 0 Å². The molecule has 0 radical (unpaired) electrons. The van der Waals surface area contributed by atoms with Crippen LogP contribution in [0.4, 0.5) is 10.1 Å². The van der Waals surface area contributed by atoms with Gasteiger partial charge >= 0.3 is 5.97 Å². The number of hydrogen-bond donors (Lipinski definition) is 1. The fourth-order valence-electron chi connectivity index (χ4n) is 1.49. The second-order valence-electron chi connectivity index (χ2n) is 3.75. The third-order valence-corrected chi connectivity index (χ3v) is 3.88. The van der Waals surface area contributed by atoms with Gasteiger partial charge in [0.25, 0.3) is 5.69 Å². The Bertz CT molecular complexity index is 741. The van der Waals surface area contributed by atoms with E-state index in [4.69, 9.17) is 16.7 Å². The van der Waals surface area contributed by atoms with Crippen molar-refractivity contribution in [1.29, 1.82) is 0 Å². The van der Waals surface area contributed by atoms with Crippen LogP contribution in [0.5, 0.6) is 0 Å². The summed E-state index contributed by atoms with van der Waals surface area (Å²) in [6, 6.07) is 4.59. The van der Waals surface area contributed by atoms with Gasteiger partial charge in [0.2, 0.25) is 0 Å². The fraction of sp³-hybridized carbons (Fsp3) is 0. The summed E-state index contributed by atoms with van der Waals surface area (Å²) >= 11 is 6.67. The molecular weight excluding hydrogens is 323 g/mol. The van der Waals surface area contributed by atoms with Gasteiger partial charge in [0.1, 0.15) is 16.4 Å². The average Bonchev–Trinajstić information content (AvgIpc) is 2.42. The van der Waals surface area contributed by atoms with E-state index in [0.29, 0.717) is 6.07 Å². The largest absolute Gasteiger partial charge is 0.477 e. The predicted octanol–water partition coefficient (Wildman–Crippen LogP) is 3.63. The third kappa shape index (κ3) is 3.29. The van der Waals surface area contributed by atoms with Gasteiger partial charge in [0.15, 0.2) is 0 Å². The normalized spacial score (nSPS) is 10.4. The van der Waals surface area contributed by atoms with Crippen molar-refractivity contribution in [2.45, 2.75) is 9.92 Å². The summed E-state index contributed by atoms with van der Waals surface area (Å²) in [4.78, 5) is 24.6. The van der Waals surface area contributed by atoms with Gasteiger partial charge in [-0.25, -0.2) is 14.2 Å². The molecule has 0 amide bonds. The average molecular weight is 329 g/mol. The van der Waals surface area contributed by atoms with E-state index in [9.17, 15) is 19.3 Å². The zero-order valence-electron chi connectivity index (χ0n) is 10.1. The zero-order valence-corrected chi connectivity index (χ0v) is 11.7. The molecule has 0 fully saturated rings. The van der Waals surface area contributed by atoms with Crippen molar-refractivity contribution in [1.82, 2.24) is 4.98 Å². The molecule has 2 aromatic rings. The number of rotatable bonds is 4. The Morgan fingerprint density at radius 2 is 2.19 bits per heavy atom. The minimum absolute atomic E-state index is 0.112. The van der Waals surface area contributed by atoms with Gasteiger partial charge in [0, 0.05) is 6.20 Å². The SMILES string of the molecule is O=C(O)c1cc(Sc2ncccc2Cl)c(F)cc1[N+](=O)[O-]. The van der Waals surface area contributed by atoms with Crippen LogP contribution >= 0.6 is 23.4 Å². The number of aromatic nitrogens is 1. The van der Waals surface area contributed by atoms with Crippen molar-refractivity contribution in [2.24, 2.45) is 0 Å². The standard InChI is InChI=1S/C12H6ClFN2O4S/c13-7-2-1-3-15-11(7)21-10-4-6(12(17)18)9(16(19)20)5-8(10)14/h1-5H,(H,17,18). The molecule has 0 aliphatic carbocycles. The smallest absolute Gasteiger partial charge is 0.342 e. The molecule has 1 heterocycles. The second-order valence-corrected chi connectivity index (χ2v) is 5.19. The monoisotopic (exact) mass is 328 g/mol. The molecule has 21 heavy (non-hydrogen) atoms. The second kappa shape index (κ2) is 6.06. The highest BCUT2D eigenvalue weighted by molar-refractivity contribution is 7.99. The Kier molecular flexibility index (Phi) is 4.39. The van der Waals surface area contributed by atoms with Gasteiger partial charge < -0.3 is 5.11 Å². The van der Waals surface area contributed by atoms with Crippen molar-refractivity contribution < 1.29 is 19.2 Å². The number of carboxylic acids is 1. The number of halogens is 2. The highest BCUT2D eigenvalue weighted by Gasteiger charge is 2.24. The van der Waals surface area contributed by atoms with Gasteiger partial charge in [-0.3, -0.25) is 10.1 Å². The molecule has 2 rings (SSSR count). The number of nitrogens with zero attached hydrogens (tertiary/aromatic N) is 2. The molecule has 1 aromatic heterocycles. The van der Waals surface area contributed by atoms with Crippen LogP contribution in [0.1, 0.15) is 10.4 Å². The van der Waals surface area contributed by atoms with Crippen molar-refractivity contribution in [3.8, 4) is 0 Å². The van der Waals surface area contributed by atoms with Crippen molar-refractivity contribution in [3.63, 3.8) is 0 Å². The van der Waals surface area contributed by atoms with Crippen LogP contribution in [0.3, 0.4) is 0 Å². The molecule has 9 heteroatoms. The van der Waals surface area contributed by atoms with Gasteiger partial charge in [-0.2, -0.15) is 0 Å². The van der Waals surface area contributed by atoms with E-state index in [2.05, 4.69) is 4.98 Å². The Morgan fingerprint density at radius 1 is 1.48 bits per heavy atom. The van der Waals surface area contributed by atoms with Crippen molar-refractivity contribution in [3.05, 3.63) is 57.0 Å². The quantitative estimate of drug-likeness (QED) is 0.680. The first-order valence-electron chi connectivity index (χ1n) is 5.39. The highest BCUT2D eigenvalue weighted by Crippen LogP contribution is 2.35. The summed E-state index contributed by atoms with van der Waals surface area (Å²) in [5.41, 5.74) is -1.41. The Labute approximate surface area is 126 Å². The van der Waals surface area contributed by atoms with Crippen molar-refractivity contribution in [2.75, 3.05) is 0 Å². The number of nitro benzene ring substituents is 1. The first kappa shape index (κ1) is 15.2. The van der Waals surface area contributed by atoms with Crippen LogP contribution in [-0.2, 0) is 0 Å². The molecule has 0 aliphatic rings. The number of pyridine rings is 1. The first-order chi connectivity index (χ1) is 9.90. The number of hydrogen-bond acceptors (Lipinski definition) is 5. The van der Waals surface area contributed by atoms with E-state index in [1.807, 2.05) is 0 Å². The first-order valence-corrected chi connectivity index (χ1v) is 6.59. The summed E-state index contributed by atoms with van der Waals surface area (Å²) in [6.45, 7) is 0. The summed E-state index contributed by atoms with van der Waals surface area (Å²) in [5, 5.41) is 20.2. The lowest BCUT2D eigenvalue weighted by molar-refractivity contribution is -0.385. The summed E-state index contributed by atoms with van der Waals surface area (Å²) in [7, 11) is 0. The number of carbonyl (C=O) groups is 1. The minimum atomic E-state index is -1.52. The zero-order chi connectivity index (χ0) is 15.6. The number of aromatic carboxylic acids is 1. The molecular formula is C12H6ClFN2O4S. The van der Waals surface area contributed by atoms with Crippen LogP contribution in [0.25, 0.3) is 0 Å². The maximum atomic E-state index is 13.9. The van der Waals surface area contributed by atoms with E-state index >= 15 is 0 Å². The molecule has 6 nitrogen and oxygen atoms in total. The van der Waals surface area contributed by atoms with E-state index in [1.165, 1.54) is 12.3 Å². The van der Waals surface area contributed by atoms with Gasteiger partial charge in [-0.1, -0.05) is 23.4 Å². The minimum Gasteiger partial charge on any atom is -0.477 e. The van der Waals surface area contributed by atoms with Gasteiger partial charge in [-0.05, 0) is 18.2 Å². The van der Waals surface area contributed by atoms with Crippen LogP contribution in [0, 0.1) is 15.9 Å². The molecule has 0 spiro atoms. The fourth-order valence-corrected chi connectivity index (χ4v) is 2.55.